The molecular weight excluding hydrogens is 396 g/mol. The first-order valence-corrected chi connectivity index (χ1v) is 11.6. The Morgan fingerprint density at radius 2 is 1.50 bits per heavy atom. The van der Waals surface area contributed by atoms with Crippen LogP contribution in [0.3, 0.4) is 0 Å². The second kappa shape index (κ2) is 11.4. The predicted octanol–water partition coefficient (Wildman–Crippen LogP) is 8.08. The maximum Gasteiger partial charge on any atom is 0.316 e. The van der Waals surface area contributed by atoms with Gasteiger partial charge in [-0.1, -0.05) is 78.1 Å². The van der Waals surface area contributed by atoms with Crippen LogP contribution in [0.4, 0.5) is 0 Å². The molecule has 0 fully saturated rings. The van der Waals surface area contributed by atoms with Crippen molar-refractivity contribution in [1.82, 2.24) is 0 Å². The lowest BCUT2D eigenvalue weighted by molar-refractivity contribution is -0.149. The molecule has 32 heavy (non-hydrogen) atoms. The Labute approximate surface area is 195 Å². The topological polar surface area (TPSA) is 35.5 Å². The van der Waals surface area contributed by atoms with Gasteiger partial charge < -0.3 is 9.47 Å². The van der Waals surface area contributed by atoms with E-state index in [4.69, 9.17) is 9.47 Å². The third-order valence-corrected chi connectivity index (χ3v) is 6.56. The monoisotopic (exact) mass is 438 g/mol. The molecule has 3 heteroatoms. The highest BCUT2D eigenvalue weighted by molar-refractivity contribution is 5.77. The summed E-state index contributed by atoms with van der Waals surface area (Å²) in [4.78, 5) is 12.3. The van der Waals surface area contributed by atoms with Gasteiger partial charge in [0.15, 0.2) is 0 Å². The van der Waals surface area contributed by atoms with Crippen LogP contribution in [0.15, 0.2) is 73.1 Å². The van der Waals surface area contributed by atoms with Crippen molar-refractivity contribution in [2.75, 3.05) is 0 Å². The summed E-state index contributed by atoms with van der Waals surface area (Å²) in [6.45, 7) is 24.2. The van der Waals surface area contributed by atoms with Gasteiger partial charge in [0, 0.05) is 5.41 Å². The maximum absolute atomic E-state index is 12.3. The summed E-state index contributed by atoms with van der Waals surface area (Å²) in [5.41, 5.74) is 1.19. The summed E-state index contributed by atoms with van der Waals surface area (Å²) in [5, 5.41) is 0. The number of ether oxygens (including phenoxy) is 2. The highest BCUT2D eigenvalue weighted by atomic mass is 16.5. The number of hydrogen-bond donors (Lipinski definition) is 0. The highest BCUT2D eigenvalue weighted by Crippen LogP contribution is 2.34. The van der Waals surface area contributed by atoms with E-state index in [1.165, 1.54) is 0 Å². The summed E-state index contributed by atoms with van der Waals surface area (Å²) in [6.07, 6.45) is 10.0. The van der Waals surface area contributed by atoms with Crippen LogP contribution in [0, 0.1) is 5.41 Å². The minimum absolute atomic E-state index is 0.155. The van der Waals surface area contributed by atoms with Gasteiger partial charge in [0.1, 0.15) is 17.1 Å². The zero-order chi connectivity index (χ0) is 24.6. The molecule has 3 nitrogen and oxygen atoms in total. The van der Waals surface area contributed by atoms with Crippen LogP contribution < -0.4 is 4.74 Å². The second-order valence-corrected chi connectivity index (χ2v) is 9.69. The Kier molecular flexibility index (Phi) is 9.75. The smallest absolute Gasteiger partial charge is 0.316 e. The lowest BCUT2D eigenvalue weighted by atomic mass is 9.77. The van der Waals surface area contributed by atoms with Crippen LogP contribution in [0.25, 0.3) is 0 Å². The fourth-order valence-corrected chi connectivity index (χ4v) is 3.00. The number of carbonyl (C=O) groups is 1. The molecule has 0 amide bonds. The van der Waals surface area contributed by atoms with Crippen molar-refractivity contribution >= 4 is 5.97 Å². The van der Waals surface area contributed by atoms with Crippen molar-refractivity contribution in [3.63, 3.8) is 0 Å². The zero-order valence-electron chi connectivity index (χ0n) is 21.4. The average molecular weight is 439 g/mol. The molecule has 0 unspecified atom stereocenters. The summed E-state index contributed by atoms with van der Waals surface area (Å²) < 4.78 is 11.7. The fourth-order valence-electron chi connectivity index (χ4n) is 3.00. The average Bonchev–Trinajstić information content (AvgIpc) is 2.76. The molecular formula is C29H42O3. The first-order chi connectivity index (χ1) is 14.8. The Bertz CT molecular complexity index is 847. The summed E-state index contributed by atoms with van der Waals surface area (Å²) in [7, 11) is 0. The number of esters is 1. The largest absolute Gasteiger partial charge is 0.488 e. The van der Waals surface area contributed by atoms with E-state index in [-0.39, 0.29) is 17.0 Å². The van der Waals surface area contributed by atoms with E-state index in [2.05, 4.69) is 59.9 Å². The van der Waals surface area contributed by atoms with Gasteiger partial charge in [0.25, 0.3) is 0 Å². The molecule has 0 heterocycles. The Balaban J connectivity index is 3.06. The molecule has 0 saturated carbocycles. The Morgan fingerprint density at radius 3 is 1.97 bits per heavy atom. The van der Waals surface area contributed by atoms with E-state index in [0.29, 0.717) is 12.2 Å². The van der Waals surface area contributed by atoms with Gasteiger partial charge in [-0.15, -0.1) is 0 Å². The van der Waals surface area contributed by atoms with Gasteiger partial charge in [-0.2, -0.15) is 0 Å². The van der Waals surface area contributed by atoms with E-state index >= 15 is 0 Å². The predicted molar refractivity (Wildman–Crippen MR) is 136 cm³/mol. The SMILES string of the molecule is C=C/C=C(\C=C/C(=C)OC(=O)C(C)(C)CC)C(C)(C)c1ccc(OC(C)(CC)CC)cc1. The molecule has 0 spiro atoms. The minimum atomic E-state index is -0.536. The van der Waals surface area contributed by atoms with Gasteiger partial charge in [-0.05, 0) is 69.4 Å². The molecule has 1 rings (SSSR count). The standard InChI is InChI=1S/C29H42O3/c1-11-15-23(17-16-22(5)31-26(30)27(6,7)12-2)28(8,9)24-18-20-25(21-19-24)32-29(10,13-3)14-4/h11,15-21H,1,5,12-14H2,2-4,6-10H3/b17-16-,23-15+. The van der Waals surface area contributed by atoms with E-state index in [1.54, 1.807) is 12.2 Å². The van der Waals surface area contributed by atoms with Crippen molar-refractivity contribution in [3.8, 4) is 5.75 Å². The number of rotatable bonds is 12. The summed E-state index contributed by atoms with van der Waals surface area (Å²) in [5.74, 6) is 0.925. The first kappa shape index (κ1) is 27.5. The van der Waals surface area contributed by atoms with E-state index in [0.717, 1.165) is 29.7 Å². The zero-order valence-corrected chi connectivity index (χ0v) is 21.4. The van der Waals surface area contributed by atoms with Crippen LogP contribution in [0.2, 0.25) is 0 Å². The second-order valence-electron chi connectivity index (χ2n) is 9.69. The van der Waals surface area contributed by atoms with E-state index in [1.807, 2.05) is 45.1 Å². The molecule has 176 valence electrons. The Hall–Kier alpha value is -2.55. The Morgan fingerprint density at radius 1 is 0.938 bits per heavy atom. The van der Waals surface area contributed by atoms with Gasteiger partial charge in [0.2, 0.25) is 0 Å². The lowest BCUT2D eigenvalue weighted by Crippen LogP contribution is -2.30. The maximum atomic E-state index is 12.3. The molecule has 0 saturated heterocycles. The van der Waals surface area contributed by atoms with Crippen LogP contribution in [-0.4, -0.2) is 11.6 Å². The minimum Gasteiger partial charge on any atom is -0.488 e. The lowest BCUT2D eigenvalue weighted by Gasteiger charge is -2.30. The molecule has 0 radical (unpaired) electrons. The highest BCUT2D eigenvalue weighted by Gasteiger charge is 2.28. The van der Waals surface area contributed by atoms with Crippen LogP contribution in [0.5, 0.6) is 5.75 Å². The molecule has 1 aromatic carbocycles. The van der Waals surface area contributed by atoms with Crippen LogP contribution in [0.1, 0.15) is 80.2 Å². The third-order valence-electron chi connectivity index (χ3n) is 6.56. The van der Waals surface area contributed by atoms with Gasteiger partial charge in [-0.25, -0.2) is 0 Å². The first-order valence-electron chi connectivity index (χ1n) is 11.6. The summed E-state index contributed by atoms with van der Waals surface area (Å²) >= 11 is 0. The normalized spacial score (nSPS) is 13.2. The number of hydrogen-bond acceptors (Lipinski definition) is 3. The molecule has 0 aliphatic heterocycles. The third kappa shape index (κ3) is 7.25. The van der Waals surface area contributed by atoms with Crippen molar-refractivity contribution in [1.29, 1.82) is 0 Å². The van der Waals surface area contributed by atoms with E-state index < -0.39 is 5.41 Å². The molecule has 0 bridgehead atoms. The molecule has 0 aromatic heterocycles. The molecule has 0 aliphatic carbocycles. The van der Waals surface area contributed by atoms with Gasteiger partial charge in [-0.3, -0.25) is 4.79 Å². The van der Waals surface area contributed by atoms with Crippen LogP contribution >= 0.6 is 0 Å². The fraction of sp³-hybridized carbons (Fsp3) is 0.483. The van der Waals surface area contributed by atoms with E-state index in [9.17, 15) is 4.79 Å². The number of benzene rings is 1. The van der Waals surface area contributed by atoms with Gasteiger partial charge in [0.05, 0.1) is 5.41 Å². The molecule has 1 aromatic rings. The molecule has 0 N–H and O–H groups in total. The van der Waals surface area contributed by atoms with Crippen LogP contribution in [-0.2, 0) is 14.9 Å². The van der Waals surface area contributed by atoms with Crippen molar-refractivity contribution < 1.29 is 14.3 Å². The number of allylic oxidation sites excluding steroid dienone is 5. The van der Waals surface area contributed by atoms with Crippen molar-refractivity contribution in [2.45, 2.75) is 85.7 Å². The van der Waals surface area contributed by atoms with Crippen molar-refractivity contribution in [2.24, 2.45) is 5.41 Å². The van der Waals surface area contributed by atoms with Gasteiger partial charge >= 0.3 is 5.97 Å². The molecule has 0 atom stereocenters. The quantitative estimate of drug-likeness (QED) is 0.188. The summed E-state index contributed by atoms with van der Waals surface area (Å²) in [6, 6.07) is 8.27. The van der Waals surface area contributed by atoms with Crippen molar-refractivity contribution in [3.05, 3.63) is 78.6 Å². The molecule has 0 aliphatic rings. The number of carbonyl (C=O) groups excluding carboxylic acids is 1.